The molecular formula is C22H29N3O3. The number of likely N-dealkylation sites (N-methyl/N-ethyl adjacent to an activating group) is 1. The van der Waals surface area contributed by atoms with Crippen molar-refractivity contribution in [2.45, 2.75) is 27.0 Å². The van der Waals surface area contributed by atoms with E-state index >= 15 is 0 Å². The summed E-state index contributed by atoms with van der Waals surface area (Å²) in [7, 11) is 0. The molecule has 1 fully saturated rings. The molecular weight excluding hydrogens is 354 g/mol. The molecule has 3 rings (SSSR count). The van der Waals surface area contributed by atoms with Gasteiger partial charge in [0.2, 0.25) is 0 Å². The van der Waals surface area contributed by atoms with Crippen LogP contribution in [0.15, 0.2) is 24.4 Å². The van der Waals surface area contributed by atoms with Crippen molar-refractivity contribution in [2.24, 2.45) is 0 Å². The first-order valence-corrected chi connectivity index (χ1v) is 9.74. The maximum atomic E-state index is 10.4. The second kappa shape index (κ2) is 9.19. The number of hydrogen-bond acceptors (Lipinski definition) is 6. The average Bonchev–Trinajstić information content (AvgIpc) is 2.71. The summed E-state index contributed by atoms with van der Waals surface area (Å²) in [4.78, 5) is 8.94. The summed E-state index contributed by atoms with van der Waals surface area (Å²) in [6, 6.07) is 5.67. The molecule has 1 saturated heterocycles. The molecule has 0 radical (unpaired) electrons. The fourth-order valence-electron chi connectivity index (χ4n) is 3.48. The molecule has 0 amide bonds. The molecule has 1 aromatic carbocycles. The molecule has 0 spiro atoms. The van der Waals surface area contributed by atoms with E-state index in [0.717, 1.165) is 50.4 Å². The van der Waals surface area contributed by atoms with E-state index in [9.17, 15) is 15.3 Å². The maximum Gasteiger partial charge on any atom is 0.142 e. The van der Waals surface area contributed by atoms with Gasteiger partial charge in [0.05, 0.1) is 12.3 Å². The Morgan fingerprint density at radius 2 is 1.79 bits per heavy atom. The van der Waals surface area contributed by atoms with Gasteiger partial charge in [-0.05, 0) is 25.1 Å². The molecule has 1 aliphatic rings. The quantitative estimate of drug-likeness (QED) is 0.712. The molecule has 2 aromatic rings. The van der Waals surface area contributed by atoms with Crippen LogP contribution in [0.2, 0.25) is 0 Å². The van der Waals surface area contributed by atoms with Crippen molar-refractivity contribution in [3.8, 4) is 11.5 Å². The van der Waals surface area contributed by atoms with Crippen LogP contribution in [0.1, 0.15) is 34.9 Å². The zero-order valence-electron chi connectivity index (χ0n) is 16.6. The Balaban J connectivity index is 1.69. The van der Waals surface area contributed by atoms with Gasteiger partial charge >= 0.3 is 0 Å². The lowest BCUT2D eigenvalue weighted by Gasteiger charge is -2.34. The molecule has 0 saturated carbocycles. The summed E-state index contributed by atoms with van der Waals surface area (Å²) in [5.41, 5.74) is 3.37. The Morgan fingerprint density at radius 3 is 2.43 bits per heavy atom. The number of aromatic hydroxyl groups is 2. The fourth-order valence-corrected chi connectivity index (χ4v) is 3.48. The lowest BCUT2D eigenvalue weighted by Crippen LogP contribution is -2.45. The number of aryl methyl sites for hydroxylation is 1. The van der Waals surface area contributed by atoms with Crippen LogP contribution in [0.5, 0.6) is 11.5 Å². The molecule has 28 heavy (non-hydrogen) atoms. The normalized spacial score (nSPS) is 16.1. The fraction of sp³-hybridized carbons (Fsp3) is 0.409. The lowest BCUT2D eigenvalue weighted by molar-refractivity contribution is 0.131. The molecule has 1 aromatic heterocycles. The van der Waals surface area contributed by atoms with E-state index < -0.39 is 0 Å². The highest BCUT2D eigenvalue weighted by atomic mass is 16.3. The van der Waals surface area contributed by atoms with Crippen LogP contribution in [0.25, 0.3) is 12.2 Å². The number of piperazine rings is 1. The van der Waals surface area contributed by atoms with E-state index in [0.29, 0.717) is 16.8 Å². The Labute approximate surface area is 166 Å². The Hall–Kier alpha value is -2.41. The van der Waals surface area contributed by atoms with Crippen LogP contribution in [0, 0.1) is 6.92 Å². The van der Waals surface area contributed by atoms with Gasteiger partial charge in [-0.3, -0.25) is 9.88 Å². The van der Waals surface area contributed by atoms with Crippen LogP contribution in [0.4, 0.5) is 0 Å². The Bertz CT molecular complexity index is 843. The number of aromatic nitrogens is 1. The third-order valence-corrected chi connectivity index (χ3v) is 5.40. The van der Waals surface area contributed by atoms with Gasteiger partial charge in [0.15, 0.2) is 0 Å². The second-order valence-electron chi connectivity index (χ2n) is 7.22. The smallest absolute Gasteiger partial charge is 0.142 e. The summed E-state index contributed by atoms with van der Waals surface area (Å²) >= 11 is 0. The van der Waals surface area contributed by atoms with Crippen molar-refractivity contribution in [1.82, 2.24) is 14.8 Å². The summed E-state index contributed by atoms with van der Waals surface area (Å²) in [5, 5.41) is 30.0. The second-order valence-corrected chi connectivity index (χ2v) is 7.22. The van der Waals surface area contributed by atoms with Crippen molar-refractivity contribution in [1.29, 1.82) is 0 Å². The standard InChI is InChI=1S/C22H29N3O3/c1-3-24-8-10-25(11-9-24)14-19-7-5-17(12-21(19)27)4-6-18-13-23-16(2)22(28)20(18)15-26/h4-7,12-13,26-28H,3,8-11,14-15H2,1-2H3/b6-4+. The summed E-state index contributed by atoms with van der Waals surface area (Å²) in [6.45, 7) is 9.64. The van der Waals surface area contributed by atoms with Crippen LogP contribution >= 0.6 is 0 Å². The molecule has 0 aliphatic carbocycles. The average molecular weight is 383 g/mol. The minimum atomic E-state index is -0.260. The number of aliphatic hydroxyl groups is 1. The highest BCUT2D eigenvalue weighted by Crippen LogP contribution is 2.26. The first-order chi connectivity index (χ1) is 13.5. The van der Waals surface area contributed by atoms with E-state index in [4.69, 9.17) is 0 Å². The number of nitrogens with zero attached hydrogens (tertiary/aromatic N) is 3. The summed E-state index contributed by atoms with van der Waals surface area (Å²) in [5.74, 6) is 0.304. The predicted octanol–water partition coefficient (Wildman–Crippen LogP) is 2.60. The number of rotatable bonds is 6. The number of benzene rings is 1. The first kappa shape index (κ1) is 20.3. The van der Waals surface area contributed by atoms with Crippen molar-refractivity contribution < 1.29 is 15.3 Å². The summed E-state index contributed by atoms with van der Waals surface area (Å²) < 4.78 is 0. The zero-order valence-corrected chi connectivity index (χ0v) is 16.6. The molecule has 6 nitrogen and oxygen atoms in total. The van der Waals surface area contributed by atoms with Gasteiger partial charge in [-0.2, -0.15) is 0 Å². The number of phenolic OH excluding ortho intramolecular Hbond substituents is 1. The Kier molecular flexibility index (Phi) is 6.67. The SMILES string of the molecule is CCN1CCN(Cc2ccc(/C=C/c3cnc(C)c(O)c3CO)cc2O)CC1. The number of hydrogen-bond donors (Lipinski definition) is 3. The molecule has 0 unspecified atom stereocenters. The van der Waals surface area contributed by atoms with E-state index in [1.165, 1.54) is 0 Å². The van der Waals surface area contributed by atoms with E-state index in [1.54, 1.807) is 25.3 Å². The lowest BCUT2D eigenvalue weighted by atomic mass is 10.1. The largest absolute Gasteiger partial charge is 0.508 e. The van der Waals surface area contributed by atoms with Crippen LogP contribution in [-0.4, -0.2) is 62.8 Å². The van der Waals surface area contributed by atoms with Crippen molar-refractivity contribution >= 4 is 12.2 Å². The first-order valence-electron chi connectivity index (χ1n) is 9.74. The molecule has 0 atom stereocenters. The third-order valence-electron chi connectivity index (χ3n) is 5.40. The van der Waals surface area contributed by atoms with E-state index in [2.05, 4.69) is 21.7 Å². The van der Waals surface area contributed by atoms with Gasteiger partial charge in [0.25, 0.3) is 0 Å². The van der Waals surface area contributed by atoms with Crippen molar-refractivity contribution in [3.63, 3.8) is 0 Å². The molecule has 6 heteroatoms. The Morgan fingerprint density at radius 1 is 1.07 bits per heavy atom. The molecule has 2 heterocycles. The highest BCUT2D eigenvalue weighted by molar-refractivity contribution is 5.72. The van der Waals surface area contributed by atoms with Gasteiger partial charge in [-0.25, -0.2) is 0 Å². The van der Waals surface area contributed by atoms with Gasteiger partial charge in [0, 0.05) is 55.6 Å². The molecule has 150 valence electrons. The number of aliphatic hydroxyl groups excluding tert-OH is 1. The van der Waals surface area contributed by atoms with Gasteiger partial charge in [0.1, 0.15) is 11.5 Å². The minimum Gasteiger partial charge on any atom is -0.508 e. The van der Waals surface area contributed by atoms with Crippen LogP contribution < -0.4 is 0 Å². The molecule has 3 N–H and O–H groups in total. The van der Waals surface area contributed by atoms with E-state index in [-0.39, 0.29) is 18.1 Å². The maximum absolute atomic E-state index is 10.4. The van der Waals surface area contributed by atoms with Gasteiger partial charge < -0.3 is 20.2 Å². The van der Waals surface area contributed by atoms with Crippen LogP contribution in [-0.2, 0) is 13.2 Å². The number of pyridine rings is 1. The minimum absolute atomic E-state index is 0.0195. The highest BCUT2D eigenvalue weighted by Gasteiger charge is 2.16. The van der Waals surface area contributed by atoms with Crippen LogP contribution in [0.3, 0.4) is 0 Å². The zero-order chi connectivity index (χ0) is 20.1. The topological polar surface area (TPSA) is 80.1 Å². The predicted molar refractivity (Wildman–Crippen MR) is 111 cm³/mol. The van der Waals surface area contributed by atoms with Gasteiger partial charge in [-0.15, -0.1) is 0 Å². The monoisotopic (exact) mass is 383 g/mol. The van der Waals surface area contributed by atoms with E-state index in [1.807, 2.05) is 18.2 Å². The number of phenols is 1. The van der Waals surface area contributed by atoms with Crippen molar-refractivity contribution in [2.75, 3.05) is 32.7 Å². The summed E-state index contributed by atoms with van der Waals surface area (Å²) in [6.07, 6.45) is 5.26. The molecule has 1 aliphatic heterocycles. The van der Waals surface area contributed by atoms with Crippen molar-refractivity contribution in [3.05, 3.63) is 52.3 Å². The molecule has 0 bridgehead atoms. The third kappa shape index (κ3) is 4.70. The van der Waals surface area contributed by atoms with Gasteiger partial charge in [-0.1, -0.05) is 31.2 Å².